The van der Waals surface area contributed by atoms with Gasteiger partial charge in [-0.25, -0.2) is 4.98 Å². The van der Waals surface area contributed by atoms with Gasteiger partial charge in [-0.3, -0.25) is 0 Å². The van der Waals surface area contributed by atoms with E-state index in [0.717, 1.165) is 0 Å². The van der Waals surface area contributed by atoms with Crippen molar-refractivity contribution in [1.82, 2.24) is 9.55 Å². The molecule has 0 aliphatic rings. The average Bonchev–Trinajstić information content (AvgIpc) is 2.46. The molecule has 1 N–H and O–H groups in total. The molecule has 0 amide bonds. The number of halogens is 3. The first kappa shape index (κ1) is 10.9. The maximum atomic E-state index is 11.9. The fourth-order valence-electron chi connectivity index (χ4n) is 1.05. The van der Waals surface area contributed by atoms with Crippen LogP contribution >= 0.6 is 0 Å². The fourth-order valence-corrected chi connectivity index (χ4v) is 1.05. The maximum Gasteiger partial charge on any atom is 0.405 e. The summed E-state index contributed by atoms with van der Waals surface area (Å²) < 4.78 is 37.3. The third-order valence-electron chi connectivity index (χ3n) is 1.67. The van der Waals surface area contributed by atoms with Gasteiger partial charge in [-0.05, 0) is 13.8 Å². The second-order valence-corrected chi connectivity index (χ2v) is 3.22. The number of anilines is 1. The minimum absolute atomic E-state index is 0.0910. The van der Waals surface area contributed by atoms with Gasteiger partial charge in [0.25, 0.3) is 0 Å². The van der Waals surface area contributed by atoms with Crippen LogP contribution in [0.25, 0.3) is 0 Å². The lowest BCUT2D eigenvalue weighted by atomic mass is 10.4. The Morgan fingerprint density at radius 3 is 2.64 bits per heavy atom. The summed E-state index contributed by atoms with van der Waals surface area (Å²) in [5.74, 6) is 0.248. The van der Waals surface area contributed by atoms with E-state index in [4.69, 9.17) is 0 Å². The largest absolute Gasteiger partial charge is 0.405 e. The van der Waals surface area contributed by atoms with Gasteiger partial charge >= 0.3 is 6.18 Å². The van der Waals surface area contributed by atoms with E-state index >= 15 is 0 Å². The Morgan fingerprint density at radius 2 is 2.14 bits per heavy atom. The van der Waals surface area contributed by atoms with Crippen molar-refractivity contribution >= 4 is 5.95 Å². The van der Waals surface area contributed by atoms with Crippen molar-refractivity contribution in [2.45, 2.75) is 26.1 Å². The normalized spacial score (nSPS) is 12.1. The third kappa shape index (κ3) is 2.93. The predicted octanol–water partition coefficient (Wildman–Crippen LogP) is 2.44. The maximum absolute atomic E-state index is 11.9. The van der Waals surface area contributed by atoms with Gasteiger partial charge in [-0.1, -0.05) is 0 Å². The topological polar surface area (TPSA) is 29.9 Å². The van der Waals surface area contributed by atoms with Crippen molar-refractivity contribution in [1.29, 1.82) is 0 Å². The Hall–Kier alpha value is -1.20. The highest BCUT2D eigenvalue weighted by Crippen LogP contribution is 2.17. The minimum Gasteiger partial charge on any atom is -0.347 e. The molecule has 1 aromatic heterocycles. The summed E-state index contributed by atoms with van der Waals surface area (Å²) in [6, 6.07) is 0.0910. The highest BCUT2D eigenvalue weighted by molar-refractivity contribution is 5.26. The summed E-state index contributed by atoms with van der Waals surface area (Å²) in [5.41, 5.74) is 0. The Balaban J connectivity index is 2.63. The average molecular weight is 207 g/mol. The van der Waals surface area contributed by atoms with Gasteiger partial charge in [-0.2, -0.15) is 13.2 Å². The Bertz CT molecular complexity index is 290. The number of nitrogens with one attached hydrogen (secondary N) is 1. The van der Waals surface area contributed by atoms with E-state index in [0.29, 0.717) is 0 Å². The van der Waals surface area contributed by atoms with E-state index in [2.05, 4.69) is 10.3 Å². The smallest absolute Gasteiger partial charge is 0.347 e. The molecule has 1 rings (SSSR count). The van der Waals surface area contributed by atoms with E-state index in [1.807, 2.05) is 13.8 Å². The van der Waals surface area contributed by atoms with E-state index in [1.54, 1.807) is 10.8 Å². The van der Waals surface area contributed by atoms with Gasteiger partial charge in [0.1, 0.15) is 6.54 Å². The second-order valence-electron chi connectivity index (χ2n) is 3.22. The van der Waals surface area contributed by atoms with E-state index in [9.17, 15) is 13.2 Å². The molecule has 0 unspecified atom stereocenters. The number of aromatic nitrogens is 2. The van der Waals surface area contributed by atoms with Crippen LogP contribution in [0.15, 0.2) is 12.4 Å². The molecular formula is C8H12F3N3. The Morgan fingerprint density at radius 1 is 1.50 bits per heavy atom. The monoisotopic (exact) mass is 207 g/mol. The first-order valence-corrected chi connectivity index (χ1v) is 4.23. The Kier molecular flexibility index (Phi) is 3.03. The lowest BCUT2D eigenvalue weighted by Crippen LogP contribution is -2.23. The zero-order valence-corrected chi connectivity index (χ0v) is 7.97. The molecule has 1 heterocycles. The quantitative estimate of drug-likeness (QED) is 0.824. The van der Waals surface area contributed by atoms with Crippen molar-refractivity contribution in [2.24, 2.45) is 0 Å². The molecule has 1 aromatic rings. The lowest BCUT2D eigenvalue weighted by Gasteiger charge is -2.13. The minimum atomic E-state index is -4.21. The molecule has 0 aromatic carbocycles. The molecule has 0 saturated carbocycles. The van der Waals surface area contributed by atoms with Gasteiger partial charge < -0.3 is 9.88 Å². The molecule has 80 valence electrons. The SMILES string of the molecule is CC(C)n1ccnc1NCC(F)(F)F. The number of alkyl halides is 3. The number of hydrogen-bond acceptors (Lipinski definition) is 2. The van der Waals surface area contributed by atoms with Crippen molar-refractivity contribution in [3.63, 3.8) is 0 Å². The molecular weight excluding hydrogens is 195 g/mol. The third-order valence-corrected chi connectivity index (χ3v) is 1.67. The van der Waals surface area contributed by atoms with Gasteiger partial charge in [0, 0.05) is 18.4 Å². The highest BCUT2D eigenvalue weighted by Gasteiger charge is 2.27. The zero-order chi connectivity index (χ0) is 10.8. The molecule has 0 aliphatic carbocycles. The molecule has 0 radical (unpaired) electrons. The van der Waals surface area contributed by atoms with Gasteiger partial charge in [0.05, 0.1) is 0 Å². The molecule has 0 saturated heterocycles. The molecule has 3 nitrogen and oxygen atoms in total. The van der Waals surface area contributed by atoms with E-state index < -0.39 is 12.7 Å². The molecule has 0 spiro atoms. The predicted molar refractivity (Wildman–Crippen MR) is 47.2 cm³/mol. The molecule has 6 heteroatoms. The van der Waals surface area contributed by atoms with Crippen molar-refractivity contribution < 1.29 is 13.2 Å². The van der Waals surface area contributed by atoms with E-state index in [-0.39, 0.29) is 12.0 Å². The second kappa shape index (κ2) is 3.89. The molecule has 0 fully saturated rings. The lowest BCUT2D eigenvalue weighted by molar-refractivity contribution is -0.115. The number of rotatable bonds is 3. The number of nitrogens with zero attached hydrogens (tertiary/aromatic N) is 2. The van der Waals surface area contributed by atoms with Crippen molar-refractivity contribution in [2.75, 3.05) is 11.9 Å². The summed E-state index contributed by atoms with van der Waals surface area (Å²) in [6.07, 6.45) is -1.10. The summed E-state index contributed by atoms with van der Waals surface area (Å²) in [5, 5.41) is 2.24. The van der Waals surface area contributed by atoms with E-state index in [1.165, 1.54) is 6.20 Å². The standard InChI is InChI=1S/C8H12F3N3/c1-6(2)14-4-3-12-7(14)13-5-8(9,10)11/h3-4,6H,5H2,1-2H3,(H,12,13). The first-order chi connectivity index (χ1) is 6.40. The van der Waals surface area contributed by atoms with Crippen LogP contribution < -0.4 is 5.32 Å². The summed E-state index contributed by atoms with van der Waals surface area (Å²) in [4.78, 5) is 3.79. The van der Waals surface area contributed by atoms with Crippen LogP contribution in [-0.2, 0) is 0 Å². The summed E-state index contributed by atoms with van der Waals surface area (Å²) >= 11 is 0. The first-order valence-electron chi connectivity index (χ1n) is 4.23. The number of hydrogen-bond donors (Lipinski definition) is 1. The summed E-state index contributed by atoms with van der Waals surface area (Å²) in [7, 11) is 0. The van der Waals surface area contributed by atoms with Crippen LogP contribution in [0, 0.1) is 0 Å². The van der Waals surface area contributed by atoms with Crippen LogP contribution in [0.4, 0.5) is 19.1 Å². The van der Waals surface area contributed by atoms with Crippen molar-refractivity contribution in [3.05, 3.63) is 12.4 Å². The van der Waals surface area contributed by atoms with Crippen molar-refractivity contribution in [3.8, 4) is 0 Å². The van der Waals surface area contributed by atoms with Gasteiger partial charge in [-0.15, -0.1) is 0 Å². The van der Waals surface area contributed by atoms with Gasteiger partial charge in [0.15, 0.2) is 0 Å². The van der Waals surface area contributed by atoms with Gasteiger partial charge in [0.2, 0.25) is 5.95 Å². The molecule has 0 aliphatic heterocycles. The van der Waals surface area contributed by atoms with Crippen LogP contribution in [0.5, 0.6) is 0 Å². The summed E-state index contributed by atoms with van der Waals surface area (Å²) in [6.45, 7) is 2.69. The Labute approximate surface area is 79.9 Å². The fraction of sp³-hybridized carbons (Fsp3) is 0.625. The van der Waals surface area contributed by atoms with Crippen LogP contribution in [0.1, 0.15) is 19.9 Å². The van der Waals surface area contributed by atoms with Crippen LogP contribution in [-0.4, -0.2) is 22.3 Å². The highest BCUT2D eigenvalue weighted by atomic mass is 19.4. The zero-order valence-electron chi connectivity index (χ0n) is 7.97. The molecule has 0 bridgehead atoms. The number of imidazole rings is 1. The van der Waals surface area contributed by atoms with Crippen LogP contribution in [0.2, 0.25) is 0 Å². The molecule has 0 atom stereocenters. The molecule has 14 heavy (non-hydrogen) atoms. The van der Waals surface area contributed by atoms with Crippen LogP contribution in [0.3, 0.4) is 0 Å².